The van der Waals surface area contributed by atoms with Crippen LogP contribution in [0.2, 0.25) is 0 Å². The number of aryl methyl sites for hydroxylation is 1. The van der Waals surface area contributed by atoms with Crippen molar-refractivity contribution in [2.24, 2.45) is 0 Å². The maximum Gasteiger partial charge on any atom is 0.260 e. The maximum absolute atomic E-state index is 12.1. The summed E-state index contributed by atoms with van der Waals surface area (Å²) in [5.74, 6) is 0.505. The predicted molar refractivity (Wildman–Crippen MR) is 82.9 cm³/mol. The molecule has 0 aliphatic carbocycles. The van der Waals surface area contributed by atoms with Crippen molar-refractivity contribution in [1.82, 2.24) is 4.90 Å². The molecular formula is C15H22BrNO3. The molecule has 0 saturated carbocycles. The van der Waals surface area contributed by atoms with Crippen LogP contribution in [-0.4, -0.2) is 41.2 Å². The Kier molecular flexibility index (Phi) is 6.02. The van der Waals surface area contributed by atoms with E-state index in [0.717, 1.165) is 10.0 Å². The topological polar surface area (TPSA) is 49.8 Å². The first-order valence-electron chi connectivity index (χ1n) is 6.62. The normalized spacial score (nSPS) is 11.3. The van der Waals surface area contributed by atoms with Gasteiger partial charge in [0.25, 0.3) is 5.91 Å². The summed E-state index contributed by atoms with van der Waals surface area (Å²) in [6, 6.07) is 5.70. The average molecular weight is 344 g/mol. The molecule has 0 bridgehead atoms. The van der Waals surface area contributed by atoms with Crippen LogP contribution in [0.3, 0.4) is 0 Å². The van der Waals surface area contributed by atoms with Crippen molar-refractivity contribution in [3.8, 4) is 5.75 Å². The fraction of sp³-hybridized carbons (Fsp3) is 0.533. The lowest BCUT2D eigenvalue weighted by Gasteiger charge is -2.28. The van der Waals surface area contributed by atoms with Gasteiger partial charge in [-0.2, -0.15) is 0 Å². The van der Waals surface area contributed by atoms with Crippen molar-refractivity contribution in [3.63, 3.8) is 0 Å². The Bertz CT molecular complexity index is 469. The molecule has 0 spiro atoms. The molecule has 0 fully saturated rings. The molecule has 5 heteroatoms. The van der Waals surface area contributed by atoms with Crippen molar-refractivity contribution >= 4 is 21.8 Å². The summed E-state index contributed by atoms with van der Waals surface area (Å²) >= 11 is 3.41. The molecule has 0 radical (unpaired) electrons. The van der Waals surface area contributed by atoms with Gasteiger partial charge < -0.3 is 14.7 Å². The second-order valence-electron chi connectivity index (χ2n) is 5.44. The first kappa shape index (κ1) is 17.0. The SMILES string of the molecule is CCN(CC(C)(C)O)C(=O)COc1ccc(C)cc1Br. The molecule has 112 valence electrons. The van der Waals surface area contributed by atoms with E-state index in [0.29, 0.717) is 18.8 Å². The van der Waals surface area contributed by atoms with Gasteiger partial charge in [0.05, 0.1) is 10.1 Å². The molecule has 0 atom stereocenters. The highest BCUT2D eigenvalue weighted by Gasteiger charge is 2.21. The highest BCUT2D eigenvalue weighted by molar-refractivity contribution is 9.10. The third kappa shape index (κ3) is 5.51. The summed E-state index contributed by atoms with van der Waals surface area (Å²) in [4.78, 5) is 13.7. The molecule has 1 aromatic rings. The number of aliphatic hydroxyl groups is 1. The number of hydrogen-bond donors (Lipinski definition) is 1. The Balaban J connectivity index is 2.61. The van der Waals surface area contributed by atoms with Gasteiger partial charge in [-0.25, -0.2) is 0 Å². The van der Waals surface area contributed by atoms with Crippen LogP contribution in [0.5, 0.6) is 5.75 Å². The van der Waals surface area contributed by atoms with Crippen LogP contribution < -0.4 is 4.74 Å². The molecule has 0 unspecified atom stereocenters. The minimum atomic E-state index is -0.907. The van der Waals surface area contributed by atoms with Gasteiger partial charge in [0.1, 0.15) is 5.75 Å². The molecule has 0 aliphatic heterocycles. The van der Waals surface area contributed by atoms with Gasteiger partial charge in [-0.15, -0.1) is 0 Å². The van der Waals surface area contributed by atoms with Gasteiger partial charge in [0, 0.05) is 13.1 Å². The first-order chi connectivity index (χ1) is 9.23. The van der Waals surface area contributed by atoms with Gasteiger partial charge in [0.15, 0.2) is 6.61 Å². The van der Waals surface area contributed by atoms with E-state index < -0.39 is 5.60 Å². The largest absolute Gasteiger partial charge is 0.483 e. The molecule has 4 nitrogen and oxygen atoms in total. The lowest BCUT2D eigenvalue weighted by Crippen LogP contribution is -2.44. The van der Waals surface area contributed by atoms with Crippen molar-refractivity contribution in [3.05, 3.63) is 28.2 Å². The van der Waals surface area contributed by atoms with Crippen molar-refractivity contribution in [1.29, 1.82) is 0 Å². The standard InChI is InChI=1S/C15H22BrNO3/c1-5-17(10-15(3,4)19)14(18)9-20-13-7-6-11(2)8-12(13)16/h6-8,19H,5,9-10H2,1-4H3. The van der Waals surface area contributed by atoms with Gasteiger partial charge in [0.2, 0.25) is 0 Å². The molecule has 1 amide bonds. The van der Waals surface area contributed by atoms with Crippen LogP contribution in [0, 0.1) is 6.92 Å². The van der Waals surface area contributed by atoms with Crippen molar-refractivity contribution in [2.45, 2.75) is 33.3 Å². The Morgan fingerprint density at radius 3 is 2.60 bits per heavy atom. The Labute approximate surface area is 128 Å². The molecule has 20 heavy (non-hydrogen) atoms. The summed E-state index contributed by atoms with van der Waals surface area (Å²) in [5.41, 5.74) is 0.212. The van der Waals surface area contributed by atoms with Crippen LogP contribution in [0.1, 0.15) is 26.3 Å². The first-order valence-corrected chi connectivity index (χ1v) is 7.41. The minimum Gasteiger partial charge on any atom is -0.483 e. The average Bonchev–Trinajstić information content (AvgIpc) is 2.33. The Hall–Kier alpha value is -1.07. The number of ether oxygens (including phenoxy) is 1. The molecule has 0 aromatic heterocycles. The van der Waals surface area contributed by atoms with E-state index in [1.807, 2.05) is 32.0 Å². The fourth-order valence-electron chi connectivity index (χ4n) is 1.80. The summed E-state index contributed by atoms with van der Waals surface area (Å²) in [7, 11) is 0. The highest BCUT2D eigenvalue weighted by Crippen LogP contribution is 2.25. The zero-order chi connectivity index (χ0) is 15.3. The van der Waals surface area contributed by atoms with E-state index in [4.69, 9.17) is 4.74 Å². The second kappa shape index (κ2) is 7.09. The third-order valence-electron chi connectivity index (χ3n) is 2.75. The number of carbonyl (C=O) groups is 1. The second-order valence-corrected chi connectivity index (χ2v) is 6.30. The smallest absolute Gasteiger partial charge is 0.260 e. The molecule has 1 rings (SSSR count). The van der Waals surface area contributed by atoms with Crippen molar-refractivity contribution in [2.75, 3.05) is 19.7 Å². The fourth-order valence-corrected chi connectivity index (χ4v) is 2.40. The van der Waals surface area contributed by atoms with Gasteiger partial charge in [-0.05, 0) is 61.3 Å². The molecule has 0 aliphatic rings. The van der Waals surface area contributed by atoms with Crippen LogP contribution in [0.15, 0.2) is 22.7 Å². The molecule has 1 N–H and O–H groups in total. The summed E-state index contributed by atoms with van der Waals surface area (Å²) in [5, 5.41) is 9.79. The van der Waals surface area contributed by atoms with Crippen molar-refractivity contribution < 1.29 is 14.6 Å². The molecular weight excluding hydrogens is 322 g/mol. The van der Waals surface area contributed by atoms with Gasteiger partial charge >= 0.3 is 0 Å². The molecule has 1 aromatic carbocycles. The number of likely N-dealkylation sites (N-methyl/N-ethyl adjacent to an activating group) is 1. The van der Waals surface area contributed by atoms with Gasteiger partial charge in [-0.1, -0.05) is 6.07 Å². The van der Waals surface area contributed by atoms with Crippen LogP contribution >= 0.6 is 15.9 Å². The summed E-state index contributed by atoms with van der Waals surface area (Å²) in [6.45, 7) is 8.03. The minimum absolute atomic E-state index is 0.0361. The monoisotopic (exact) mass is 343 g/mol. The number of amides is 1. The quantitative estimate of drug-likeness (QED) is 0.863. The van der Waals surface area contributed by atoms with E-state index in [-0.39, 0.29) is 12.5 Å². The maximum atomic E-state index is 12.1. The number of halogens is 1. The van der Waals surface area contributed by atoms with E-state index in [1.54, 1.807) is 18.7 Å². The number of benzene rings is 1. The zero-order valence-electron chi connectivity index (χ0n) is 12.4. The Morgan fingerprint density at radius 2 is 2.10 bits per heavy atom. The summed E-state index contributed by atoms with van der Waals surface area (Å²) in [6.07, 6.45) is 0. The number of nitrogens with zero attached hydrogens (tertiary/aromatic N) is 1. The van der Waals surface area contributed by atoms with E-state index in [9.17, 15) is 9.90 Å². The van der Waals surface area contributed by atoms with E-state index >= 15 is 0 Å². The lowest BCUT2D eigenvalue weighted by atomic mass is 10.1. The number of rotatable bonds is 6. The van der Waals surface area contributed by atoms with E-state index in [2.05, 4.69) is 15.9 Å². The number of carbonyl (C=O) groups excluding carboxylic acids is 1. The van der Waals surface area contributed by atoms with E-state index in [1.165, 1.54) is 0 Å². The molecule has 0 saturated heterocycles. The zero-order valence-corrected chi connectivity index (χ0v) is 14.0. The molecule has 0 heterocycles. The van der Waals surface area contributed by atoms with Crippen LogP contribution in [0.4, 0.5) is 0 Å². The lowest BCUT2D eigenvalue weighted by molar-refractivity contribution is -0.136. The van der Waals surface area contributed by atoms with Crippen LogP contribution in [-0.2, 0) is 4.79 Å². The predicted octanol–water partition coefficient (Wildman–Crippen LogP) is 2.76. The Morgan fingerprint density at radius 1 is 1.45 bits per heavy atom. The summed E-state index contributed by atoms with van der Waals surface area (Å²) < 4.78 is 6.36. The highest BCUT2D eigenvalue weighted by atomic mass is 79.9. The third-order valence-corrected chi connectivity index (χ3v) is 3.37. The van der Waals surface area contributed by atoms with Crippen LogP contribution in [0.25, 0.3) is 0 Å². The van der Waals surface area contributed by atoms with Gasteiger partial charge in [-0.3, -0.25) is 4.79 Å². The number of hydrogen-bond acceptors (Lipinski definition) is 3.